The van der Waals surface area contributed by atoms with Gasteiger partial charge in [-0.25, -0.2) is 9.18 Å². The van der Waals surface area contributed by atoms with Gasteiger partial charge in [0.15, 0.2) is 0 Å². The summed E-state index contributed by atoms with van der Waals surface area (Å²) in [5, 5.41) is 11.7. The van der Waals surface area contributed by atoms with Crippen molar-refractivity contribution in [2.24, 2.45) is 5.92 Å². The number of rotatable bonds is 6. The number of carbonyl (C=O) groups excluding carboxylic acids is 2. The van der Waals surface area contributed by atoms with Crippen molar-refractivity contribution in [1.29, 1.82) is 0 Å². The number of benzene rings is 1. The lowest BCUT2D eigenvalue weighted by molar-refractivity contribution is -0.119. The van der Waals surface area contributed by atoms with Gasteiger partial charge in [-0.1, -0.05) is 0 Å². The number of hydrogen-bond donors (Lipinski definition) is 2. The molecule has 2 N–H and O–H groups in total. The van der Waals surface area contributed by atoms with Crippen LogP contribution in [0, 0.1) is 11.7 Å². The van der Waals surface area contributed by atoms with Crippen molar-refractivity contribution < 1.29 is 23.8 Å². The molecule has 2 amide bonds. The lowest BCUT2D eigenvalue weighted by Gasteiger charge is -2.43. The molecule has 0 radical (unpaired) electrons. The average Bonchev–Trinajstić information content (AvgIpc) is 3.18. The van der Waals surface area contributed by atoms with Gasteiger partial charge in [-0.15, -0.1) is 0 Å². The summed E-state index contributed by atoms with van der Waals surface area (Å²) in [6.07, 6.45) is -0.993. The number of ether oxygens (including phenoxy) is 1. The summed E-state index contributed by atoms with van der Waals surface area (Å²) in [5.74, 6) is -0.0543. The van der Waals surface area contributed by atoms with Crippen LogP contribution < -0.4 is 15.1 Å². The Kier molecular flexibility index (Phi) is 5.11. The van der Waals surface area contributed by atoms with Crippen molar-refractivity contribution in [1.82, 2.24) is 10.2 Å². The molecular weight excluding hydrogens is 367 g/mol. The molecule has 1 aromatic rings. The Morgan fingerprint density at radius 2 is 2.14 bits per heavy atom. The van der Waals surface area contributed by atoms with Crippen LogP contribution in [0.2, 0.25) is 0 Å². The number of carbonyl (C=O) groups is 2. The second-order valence-electron chi connectivity index (χ2n) is 7.64. The van der Waals surface area contributed by atoms with Gasteiger partial charge in [0.2, 0.25) is 5.91 Å². The van der Waals surface area contributed by atoms with Gasteiger partial charge in [0, 0.05) is 45.1 Å². The van der Waals surface area contributed by atoms with Crippen molar-refractivity contribution in [2.75, 3.05) is 55.7 Å². The van der Waals surface area contributed by atoms with E-state index in [4.69, 9.17) is 9.84 Å². The minimum absolute atomic E-state index is 0.140. The highest BCUT2D eigenvalue weighted by atomic mass is 19.1. The van der Waals surface area contributed by atoms with Gasteiger partial charge < -0.3 is 20.1 Å². The number of hydrogen-bond acceptors (Lipinski definition) is 6. The van der Waals surface area contributed by atoms with Gasteiger partial charge in [0.1, 0.15) is 11.9 Å². The van der Waals surface area contributed by atoms with Crippen LogP contribution in [0.25, 0.3) is 0 Å². The molecule has 3 unspecified atom stereocenters. The third kappa shape index (κ3) is 3.51. The SMILES string of the molecule is CC(=O)NCC1CN(c2ccc(N3CC4CN(CCO)C4C3)c(F)c2)C(=O)O1. The quantitative estimate of drug-likeness (QED) is 0.729. The molecule has 9 heteroatoms. The molecule has 3 fully saturated rings. The first kappa shape index (κ1) is 18.9. The maximum absolute atomic E-state index is 14.8. The molecule has 152 valence electrons. The molecule has 8 nitrogen and oxygen atoms in total. The van der Waals surface area contributed by atoms with E-state index in [1.165, 1.54) is 17.9 Å². The summed E-state index contributed by atoms with van der Waals surface area (Å²) < 4.78 is 20.1. The van der Waals surface area contributed by atoms with E-state index in [2.05, 4.69) is 10.2 Å². The zero-order chi connectivity index (χ0) is 19.8. The van der Waals surface area contributed by atoms with Crippen LogP contribution in [0.1, 0.15) is 6.92 Å². The molecule has 0 aliphatic carbocycles. The van der Waals surface area contributed by atoms with Gasteiger partial charge in [-0.05, 0) is 18.2 Å². The fraction of sp³-hybridized carbons (Fsp3) is 0.579. The molecule has 28 heavy (non-hydrogen) atoms. The average molecular weight is 392 g/mol. The van der Waals surface area contributed by atoms with Crippen molar-refractivity contribution >= 4 is 23.4 Å². The van der Waals surface area contributed by atoms with E-state index in [1.807, 2.05) is 4.90 Å². The number of amides is 2. The molecule has 3 aliphatic heterocycles. The largest absolute Gasteiger partial charge is 0.442 e. The number of nitrogens with zero attached hydrogens (tertiary/aromatic N) is 3. The Bertz CT molecular complexity index is 776. The highest BCUT2D eigenvalue weighted by Crippen LogP contribution is 2.36. The van der Waals surface area contributed by atoms with Crippen LogP contribution in [-0.2, 0) is 9.53 Å². The predicted octanol–water partition coefficient (Wildman–Crippen LogP) is 0.400. The number of halogens is 1. The summed E-state index contributed by atoms with van der Waals surface area (Å²) in [7, 11) is 0. The van der Waals surface area contributed by atoms with E-state index in [9.17, 15) is 14.0 Å². The first-order valence-corrected chi connectivity index (χ1v) is 9.58. The lowest BCUT2D eigenvalue weighted by Crippen LogP contribution is -2.56. The summed E-state index contributed by atoms with van der Waals surface area (Å²) >= 11 is 0. The fourth-order valence-corrected chi connectivity index (χ4v) is 4.34. The molecule has 3 heterocycles. The first-order chi connectivity index (χ1) is 13.5. The van der Waals surface area contributed by atoms with Crippen LogP contribution in [0.4, 0.5) is 20.6 Å². The van der Waals surface area contributed by atoms with Crippen LogP contribution in [0.15, 0.2) is 18.2 Å². The number of β-amino-alcohol motifs (C(OH)–C–C–N with tert-alkyl or cyclic N) is 1. The maximum atomic E-state index is 14.8. The minimum Gasteiger partial charge on any atom is -0.442 e. The van der Waals surface area contributed by atoms with Gasteiger partial charge in [-0.2, -0.15) is 0 Å². The zero-order valence-corrected chi connectivity index (χ0v) is 15.8. The van der Waals surface area contributed by atoms with E-state index < -0.39 is 12.2 Å². The topological polar surface area (TPSA) is 85.4 Å². The van der Waals surface area contributed by atoms with E-state index >= 15 is 0 Å². The van der Waals surface area contributed by atoms with Crippen molar-refractivity contribution in [2.45, 2.75) is 19.1 Å². The third-order valence-electron chi connectivity index (χ3n) is 5.77. The number of nitrogens with one attached hydrogen (secondary N) is 1. The fourth-order valence-electron chi connectivity index (χ4n) is 4.34. The number of cyclic esters (lactones) is 1. The van der Waals surface area contributed by atoms with E-state index in [-0.39, 0.29) is 31.4 Å². The van der Waals surface area contributed by atoms with Gasteiger partial charge in [0.05, 0.1) is 31.1 Å². The Labute approximate surface area is 162 Å². The molecule has 0 saturated carbocycles. The molecule has 0 spiro atoms. The molecular formula is C19H25FN4O4. The maximum Gasteiger partial charge on any atom is 0.414 e. The number of anilines is 2. The Hall–Kier alpha value is -2.39. The van der Waals surface area contributed by atoms with E-state index in [0.717, 1.165) is 19.6 Å². The second kappa shape index (κ2) is 7.56. The van der Waals surface area contributed by atoms with Crippen molar-refractivity contribution in [3.63, 3.8) is 0 Å². The predicted molar refractivity (Wildman–Crippen MR) is 101 cm³/mol. The highest BCUT2D eigenvalue weighted by Gasteiger charge is 2.45. The monoisotopic (exact) mass is 392 g/mol. The van der Waals surface area contributed by atoms with Crippen LogP contribution in [0.3, 0.4) is 0 Å². The number of aliphatic hydroxyl groups is 1. The van der Waals surface area contributed by atoms with Gasteiger partial charge in [0.25, 0.3) is 0 Å². The third-order valence-corrected chi connectivity index (χ3v) is 5.77. The van der Waals surface area contributed by atoms with E-state index in [1.54, 1.807) is 12.1 Å². The minimum atomic E-state index is -0.540. The molecule has 0 aromatic heterocycles. The Balaban J connectivity index is 1.41. The van der Waals surface area contributed by atoms with Crippen LogP contribution >= 0.6 is 0 Å². The smallest absolute Gasteiger partial charge is 0.414 e. The second-order valence-corrected chi connectivity index (χ2v) is 7.64. The number of aliphatic hydroxyl groups excluding tert-OH is 1. The normalized spacial score (nSPS) is 26.8. The Morgan fingerprint density at radius 3 is 2.86 bits per heavy atom. The van der Waals surface area contributed by atoms with Gasteiger partial charge >= 0.3 is 6.09 Å². The van der Waals surface area contributed by atoms with Gasteiger partial charge in [-0.3, -0.25) is 14.6 Å². The highest BCUT2D eigenvalue weighted by molar-refractivity contribution is 5.90. The molecule has 0 bridgehead atoms. The number of likely N-dealkylation sites (tertiary alicyclic amines) is 1. The molecule has 3 aliphatic rings. The van der Waals surface area contributed by atoms with Crippen molar-refractivity contribution in [3.05, 3.63) is 24.0 Å². The molecule has 4 rings (SSSR count). The van der Waals surface area contributed by atoms with Crippen LogP contribution in [0.5, 0.6) is 0 Å². The summed E-state index contributed by atoms with van der Waals surface area (Å²) in [6.45, 7) is 5.18. The van der Waals surface area contributed by atoms with Crippen molar-refractivity contribution in [3.8, 4) is 0 Å². The summed E-state index contributed by atoms with van der Waals surface area (Å²) in [4.78, 5) is 28.8. The van der Waals surface area contributed by atoms with Crippen LogP contribution in [-0.4, -0.2) is 80.0 Å². The first-order valence-electron chi connectivity index (χ1n) is 9.58. The Morgan fingerprint density at radius 1 is 1.32 bits per heavy atom. The van der Waals surface area contributed by atoms with E-state index in [0.29, 0.717) is 29.9 Å². The molecule has 3 atom stereocenters. The zero-order valence-electron chi connectivity index (χ0n) is 15.8. The molecule has 3 saturated heterocycles. The number of fused-ring (bicyclic) bond motifs is 1. The summed E-state index contributed by atoms with van der Waals surface area (Å²) in [6, 6.07) is 5.17. The lowest BCUT2D eigenvalue weighted by atomic mass is 9.92. The standard InChI is InChI=1S/C19H25FN4O4/c1-12(26)21-7-15-10-24(19(27)28-15)14-2-3-17(16(20)6-14)23-9-13-8-22(4-5-25)18(13)11-23/h2-3,6,13,15,18,25H,4-5,7-11H2,1H3,(H,21,26). The summed E-state index contributed by atoms with van der Waals surface area (Å²) in [5.41, 5.74) is 0.977. The molecule has 1 aromatic carbocycles.